The van der Waals surface area contributed by atoms with Gasteiger partial charge < -0.3 is 14.9 Å². The highest BCUT2D eigenvalue weighted by atomic mass is 35.5. The second kappa shape index (κ2) is 8.26. The van der Waals surface area contributed by atoms with Crippen molar-refractivity contribution in [1.29, 1.82) is 0 Å². The molecule has 1 aliphatic heterocycles. The van der Waals surface area contributed by atoms with Gasteiger partial charge in [-0.2, -0.15) is 5.10 Å². The van der Waals surface area contributed by atoms with E-state index >= 15 is 0 Å². The Morgan fingerprint density at radius 3 is 2.29 bits per heavy atom. The first-order chi connectivity index (χ1) is 16.8. The van der Waals surface area contributed by atoms with Gasteiger partial charge >= 0.3 is 5.97 Å². The summed E-state index contributed by atoms with van der Waals surface area (Å²) in [6.07, 6.45) is 6.20. The van der Waals surface area contributed by atoms with Gasteiger partial charge in [0.1, 0.15) is 5.02 Å². The predicted octanol–water partition coefficient (Wildman–Crippen LogP) is 4.08. The zero-order valence-corrected chi connectivity index (χ0v) is 21.2. The molecule has 3 atom stereocenters. The zero-order chi connectivity index (χ0) is 24.5. The molecule has 4 bridgehead atoms. The summed E-state index contributed by atoms with van der Waals surface area (Å²) in [5.41, 5.74) is 3.41. The molecule has 7 nitrogen and oxygen atoms in total. The molecule has 0 unspecified atom stereocenters. The van der Waals surface area contributed by atoms with Crippen LogP contribution in [-0.2, 0) is 10.3 Å². The van der Waals surface area contributed by atoms with Crippen molar-refractivity contribution in [1.82, 2.24) is 9.78 Å². The topological polar surface area (TPSA) is 78.7 Å². The summed E-state index contributed by atoms with van der Waals surface area (Å²) in [4.78, 5) is 30.5. The number of hydrogen-bond donors (Lipinski definition) is 1. The number of aliphatic carboxylic acids is 1. The van der Waals surface area contributed by atoms with Gasteiger partial charge in [-0.25, -0.2) is 4.68 Å². The molecule has 0 amide bonds. The van der Waals surface area contributed by atoms with Crippen LogP contribution >= 0.6 is 11.6 Å². The largest absolute Gasteiger partial charge is 0.481 e. The van der Waals surface area contributed by atoms with Gasteiger partial charge in [-0.3, -0.25) is 9.59 Å². The van der Waals surface area contributed by atoms with Crippen molar-refractivity contribution in [2.24, 2.45) is 23.7 Å². The fourth-order valence-corrected chi connectivity index (χ4v) is 8.21. The van der Waals surface area contributed by atoms with Crippen molar-refractivity contribution in [2.45, 2.75) is 51.5 Å². The first-order valence-electron chi connectivity index (χ1n) is 12.9. The van der Waals surface area contributed by atoms with Gasteiger partial charge in [0, 0.05) is 31.9 Å². The number of aromatic nitrogens is 2. The average Bonchev–Trinajstić information content (AvgIpc) is 2.82. The first kappa shape index (κ1) is 22.9. The molecule has 0 spiro atoms. The van der Waals surface area contributed by atoms with Crippen LogP contribution in [0.1, 0.15) is 43.2 Å². The molecule has 8 heteroatoms. The summed E-state index contributed by atoms with van der Waals surface area (Å²) in [6, 6.07) is 6.39. The molecule has 35 heavy (non-hydrogen) atoms. The van der Waals surface area contributed by atoms with Crippen molar-refractivity contribution in [3.63, 3.8) is 0 Å². The number of piperazine rings is 1. The minimum Gasteiger partial charge on any atom is -0.481 e. The van der Waals surface area contributed by atoms with Crippen LogP contribution in [-0.4, -0.2) is 47.0 Å². The quantitative estimate of drug-likeness (QED) is 0.687. The smallest absolute Gasteiger partial charge is 0.309 e. The van der Waals surface area contributed by atoms with Crippen LogP contribution in [0.4, 0.5) is 11.4 Å². The summed E-state index contributed by atoms with van der Waals surface area (Å²) in [7, 11) is 0. The third-order valence-corrected chi connectivity index (χ3v) is 9.75. The molecule has 1 aromatic carbocycles. The number of carboxylic acids is 1. The Hall–Kier alpha value is -2.54. The van der Waals surface area contributed by atoms with Gasteiger partial charge in [0.25, 0.3) is 5.56 Å². The summed E-state index contributed by atoms with van der Waals surface area (Å²) >= 11 is 6.72. The van der Waals surface area contributed by atoms with Crippen LogP contribution in [0, 0.1) is 37.5 Å². The Bertz CT molecular complexity index is 1220. The van der Waals surface area contributed by atoms with Crippen LogP contribution in [0.5, 0.6) is 0 Å². The maximum atomic E-state index is 13.6. The Labute approximate surface area is 210 Å². The maximum absolute atomic E-state index is 13.6. The van der Waals surface area contributed by atoms with E-state index in [0.717, 1.165) is 45.4 Å². The Balaban J connectivity index is 1.28. The number of rotatable bonds is 4. The average molecular weight is 497 g/mol. The molecule has 2 heterocycles. The van der Waals surface area contributed by atoms with Gasteiger partial charge in [0.2, 0.25) is 0 Å². The monoisotopic (exact) mass is 496 g/mol. The molecular weight excluding hydrogens is 464 g/mol. The van der Waals surface area contributed by atoms with E-state index in [1.54, 1.807) is 6.20 Å². The van der Waals surface area contributed by atoms with E-state index in [0.29, 0.717) is 30.4 Å². The van der Waals surface area contributed by atoms with Crippen LogP contribution in [0.3, 0.4) is 0 Å². The van der Waals surface area contributed by atoms with E-state index in [1.165, 1.54) is 21.5 Å². The summed E-state index contributed by atoms with van der Waals surface area (Å²) < 4.78 is 1.48. The van der Waals surface area contributed by atoms with E-state index < -0.39 is 17.4 Å². The molecule has 1 saturated heterocycles. The molecular formula is C27H33ClN4O3. The SMILES string of the molecule is Cc1cccc(N2CCN(c3cnn(C45C[C@@H]6CC(C[C@H](C6)C4)[C@H]5C(=O)O)c(=O)c3Cl)CC2)c1C. The number of nitrogens with zero attached hydrogens (tertiary/aromatic N) is 4. The van der Waals surface area contributed by atoms with Gasteiger partial charge in [0.05, 0.1) is 23.3 Å². The lowest BCUT2D eigenvalue weighted by Crippen LogP contribution is -2.63. The third-order valence-electron chi connectivity index (χ3n) is 9.40. The van der Waals surface area contributed by atoms with E-state index in [-0.39, 0.29) is 16.5 Å². The number of carboxylic acid groups (broad SMARTS) is 1. The molecule has 4 saturated carbocycles. The number of hydrogen-bond acceptors (Lipinski definition) is 5. The molecule has 7 rings (SSSR count). The van der Waals surface area contributed by atoms with Gasteiger partial charge in [-0.1, -0.05) is 23.7 Å². The summed E-state index contributed by atoms with van der Waals surface area (Å²) in [6.45, 7) is 7.45. The van der Waals surface area contributed by atoms with Crippen LogP contribution in [0.2, 0.25) is 5.02 Å². The van der Waals surface area contributed by atoms with Crippen molar-refractivity contribution in [2.75, 3.05) is 36.0 Å². The van der Waals surface area contributed by atoms with Crippen molar-refractivity contribution in [3.05, 3.63) is 50.9 Å². The molecule has 4 aliphatic carbocycles. The number of aryl methyl sites for hydroxylation is 1. The number of halogens is 1. The highest BCUT2D eigenvalue weighted by Gasteiger charge is 2.61. The molecule has 5 aliphatic rings. The van der Waals surface area contributed by atoms with Gasteiger partial charge in [0.15, 0.2) is 0 Å². The highest BCUT2D eigenvalue weighted by Crippen LogP contribution is 2.61. The van der Waals surface area contributed by atoms with Crippen LogP contribution < -0.4 is 15.4 Å². The summed E-state index contributed by atoms with van der Waals surface area (Å²) in [5.74, 6) is -0.278. The zero-order valence-electron chi connectivity index (χ0n) is 20.4. The third kappa shape index (κ3) is 3.49. The lowest BCUT2D eigenvalue weighted by atomic mass is 9.48. The standard InChI is InChI=1S/C27H33ClN4O3/c1-16-4-3-5-21(17(16)2)30-6-8-31(9-7-30)22-15-29-32(25(33)24(22)28)27-13-18-10-19(14-27)12-20(11-18)23(27)26(34)35/h3-5,15,18-20,23H,6-14H2,1-2H3,(H,34,35)/t18-,19-,20?,23-,27?/m0/s1. The van der Waals surface area contributed by atoms with Crippen LogP contribution in [0.25, 0.3) is 0 Å². The molecule has 1 aromatic heterocycles. The van der Waals surface area contributed by atoms with Crippen molar-refractivity contribution < 1.29 is 9.90 Å². The molecule has 1 N–H and O–H groups in total. The fourth-order valence-electron chi connectivity index (χ4n) is 7.96. The lowest BCUT2D eigenvalue weighted by molar-refractivity contribution is -0.168. The van der Waals surface area contributed by atoms with Gasteiger partial charge in [-0.05, 0) is 80.9 Å². The molecule has 0 radical (unpaired) electrons. The number of carbonyl (C=O) groups is 1. The predicted molar refractivity (Wildman–Crippen MR) is 137 cm³/mol. The Kier molecular flexibility index (Phi) is 5.40. The van der Waals surface area contributed by atoms with E-state index in [4.69, 9.17) is 11.6 Å². The van der Waals surface area contributed by atoms with Gasteiger partial charge in [-0.15, -0.1) is 0 Å². The van der Waals surface area contributed by atoms with E-state index in [2.05, 4.69) is 46.9 Å². The van der Waals surface area contributed by atoms with Crippen molar-refractivity contribution in [3.8, 4) is 0 Å². The lowest BCUT2D eigenvalue weighted by Gasteiger charge is -2.59. The second-order valence-electron chi connectivity index (χ2n) is 11.3. The number of anilines is 2. The fraction of sp³-hybridized carbons (Fsp3) is 0.593. The highest BCUT2D eigenvalue weighted by molar-refractivity contribution is 6.33. The molecule has 5 fully saturated rings. The van der Waals surface area contributed by atoms with Crippen molar-refractivity contribution >= 4 is 28.9 Å². The minimum absolute atomic E-state index is 0.129. The van der Waals surface area contributed by atoms with E-state index in [9.17, 15) is 14.7 Å². The van der Waals surface area contributed by atoms with E-state index in [1.807, 2.05) is 0 Å². The second-order valence-corrected chi connectivity index (χ2v) is 11.7. The first-order valence-corrected chi connectivity index (χ1v) is 13.2. The maximum Gasteiger partial charge on any atom is 0.309 e. The summed E-state index contributed by atoms with van der Waals surface area (Å²) in [5, 5.41) is 15.0. The minimum atomic E-state index is -0.801. The normalized spacial score (nSPS) is 31.7. The molecule has 2 aromatic rings. The number of benzene rings is 1. The molecule has 186 valence electrons. The Morgan fingerprint density at radius 1 is 1.03 bits per heavy atom. The van der Waals surface area contributed by atoms with Crippen LogP contribution in [0.15, 0.2) is 29.2 Å². The Morgan fingerprint density at radius 2 is 1.66 bits per heavy atom.